The van der Waals surface area contributed by atoms with E-state index in [-0.39, 0.29) is 0 Å². The second-order valence-electron chi connectivity index (χ2n) is 5.84. The molecule has 0 bridgehead atoms. The topological polar surface area (TPSA) is 3.24 Å². The third kappa shape index (κ3) is 7.66. The lowest BCUT2D eigenvalue weighted by Crippen LogP contribution is -2.33. The van der Waals surface area contributed by atoms with Crippen LogP contribution in [0.4, 0.5) is 0 Å². The lowest BCUT2D eigenvalue weighted by atomic mass is 9.81. The number of hydrogen-bond acceptors (Lipinski definition) is 1. The summed E-state index contributed by atoms with van der Waals surface area (Å²) in [5.74, 6) is 0.887. The molecule has 0 N–H and O–H groups in total. The van der Waals surface area contributed by atoms with Crippen LogP contribution in [0.5, 0.6) is 0 Å². The monoisotopic (exact) mass is 291 g/mol. The van der Waals surface area contributed by atoms with E-state index in [2.05, 4.69) is 50.2 Å². The summed E-state index contributed by atoms with van der Waals surface area (Å²) in [6.45, 7) is 10.2. The average molecular weight is 292 g/mol. The van der Waals surface area contributed by atoms with Gasteiger partial charge in [-0.15, -0.1) is 0 Å². The minimum absolute atomic E-state index is 0.804. The number of aryl methyl sites for hydroxylation is 1. The van der Waals surface area contributed by atoms with Crippen LogP contribution in [0.3, 0.4) is 0 Å². The van der Waals surface area contributed by atoms with Crippen molar-refractivity contribution in [2.75, 3.05) is 14.1 Å². The summed E-state index contributed by atoms with van der Waals surface area (Å²) in [5, 5.41) is 0. The molecule has 2 rings (SSSR count). The molecule has 0 spiro atoms. The highest BCUT2D eigenvalue weighted by atomic mass is 15.1. The van der Waals surface area contributed by atoms with Crippen molar-refractivity contribution in [1.29, 1.82) is 0 Å². The van der Waals surface area contributed by atoms with Crippen LogP contribution < -0.4 is 0 Å². The zero-order valence-electron chi connectivity index (χ0n) is 15.4. The second-order valence-corrected chi connectivity index (χ2v) is 5.84. The third-order valence-corrected chi connectivity index (χ3v) is 4.09. The molecule has 21 heavy (non-hydrogen) atoms. The molecule has 1 fully saturated rings. The summed E-state index contributed by atoms with van der Waals surface area (Å²) in [7, 11) is 4.44. The molecule has 0 amide bonds. The van der Waals surface area contributed by atoms with E-state index in [9.17, 15) is 0 Å². The maximum atomic E-state index is 2.41. The Labute approximate surface area is 133 Å². The Balaban J connectivity index is 0.000000921. The molecule has 0 aliphatic heterocycles. The Morgan fingerprint density at radius 3 is 2.29 bits per heavy atom. The van der Waals surface area contributed by atoms with Gasteiger partial charge in [0.05, 0.1) is 0 Å². The predicted octanol–water partition coefficient (Wildman–Crippen LogP) is 5.71. The molecule has 2 atom stereocenters. The number of benzene rings is 1. The van der Waals surface area contributed by atoms with Gasteiger partial charge in [0.25, 0.3) is 0 Å². The summed E-state index contributed by atoms with van der Waals surface area (Å²) >= 11 is 0. The van der Waals surface area contributed by atoms with Crippen molar-refractivity contribution in [3.63, 3.8) is 0 Å². The van der Waals surface area contributed by atoms with Gasteiger partial charge in [0.15, 0.2) is 0 Å². The van der Waals surface area contributed by atoms with Crippen molar-refractivity contribution >= 4 is 0 Å². The molecule has 1 heteroatoms. The van der Waals surface area contributed by atoms with E-state index in [0.29, 0.717) is 0 Å². The third-order valence-electron chi connectivity index (χ3n) is 4.09. The fourth-order valence-electron chi connectivity index (χ4n) is 3.09. The minimum Gasteiger partial charge on any atom is -0.306 e. The highest BCUT2D eigenvalue weighted by Crippen LogP contribution is 2.29. The molecule has 1 aliphatic rings. The number of nitrogens with zero attached hydrogens (tertiary/aromatic N) is 1. The number of rotatable bonds is 3. The molecular formula is C20H37N. The van der Waals surface area contributed by atoms with Crippen LogP contribution in [0.2, 0.25) is 0 Å². The minimum atomic E-state index is 0.804. The standard InChI is InChI=1S/C16H25N.2C2H6/c1-13-6-4-7-14(10-13)11-15-8-5-9-16(12-15)17(2)3;2*1-2/h4,6-7,10,15-16H,5,8-9,11-12H2,1-3H3;2*1-2H3. The molecule has 2 unspecified atom stereocenters. The van der Waals surface area contributed by atoms with Crippen molar-refractivity contribution in [2.24, 2.45) is 5.92 Å². The Morgan fingerprint density at radius 1 is 1.05 bits per heavy atom. The van der Waals surface area contributed by atoms with Crippen LogP contribution in [-0.4, -0.2) is 25.0 Å². The zero-order valence-corrected chi connectivity index (χ0v) is 15.4. The lowest BCUT2D eigenvalue weighted by Gasteiger charge is -2.33. The first kappa shape index (κ1) is 20.2. The van der Waals surface area contributed by atoms with Crippen molar-refractivity contribution in [2.45, 2.75) is 72.8 Å². The highest BCUT2D eigenvalue weighted by Gasteiger charge is 2.23. The maximum absolute atomic E-state index is 2.41. The summed E-state index contributed by atoms with van der Waals surface area (Å²) in [5.41, 5.74) is 2.91. The van der Waals surface area contributed by atoms with Crippen LogP contribution in [0.15, 0.2) is 24.3 Å². The Bertz CT molecular complexity index is 357. The lowest BCUT2D eigenvalue weighted by molar-refractivity contribution is 0.185. The molecule has 0 radical (unpaired) electrons. The van der Waals surface area contributed by atoms with Crippen molar-refractivity contribution < 1.29 is 0 Å². The molecule has 1 nitrogen and oxygen atoms in total. The van der Waals surface area contributed by atoms with Crippen LogP contribution in [0.1, 0.15) is 64.5 Å². The number of hydrogen-bond donors (Lipinski definition) is 0. The van der Waals surface area contributed by atoms with Gasteiger partial charge in [-0.3, -0.25) is 0 Å². The first-order chi connectivity index (χ1) is 10.1. The van der Waals surface area contributed by atoms with E-state index in [1.807, 2.05) is 27.7 Å². The molecule has 122 valence electrons. The summed E-state index contributed by atoms with van der Waals surface area (Å²) < 4.78 is 0. The Hall–Kier alpha value is -0.820. The first-order valence-electron chi connectivity index (χ1n) is 8.87. The first-order valence-corrected chi connectivity index (χ1v) is 8.87. The largest absolute Gasteiger partial charge is 0.306 e. The van der Waals surface area contributed by atoms with Crippen LogP contribution in [-0.2, 0) is 6.42 Å². The average Bonchev–Trinajstić information content (AvgIpc) is 2.51. The van der Waals surface area contributed by atoms with Crippen molar-refractivity contribution in [3.05, 3.63) is 35.4 Å². The fourth-order valence-corrected chi connectivity index (χ4v) is 3.09. The van der Waals surface area contributed by atoms with Crippen LogP contribution in [0, 0.1) is 12.8 Å². The van der Waals surface area contributed by atoms with Gasteiger partial charge in [0.2, 0.25) is 0 Å². The molecule has 1 saturated carbocycles. The molecule has 1 aromatic rings. The van der Waals surface area contributed by atoms with Gasteiger partial charge in [-0.2, -0.15) is 0 Å². The summed E-state index contributed by atoms with van der Waals surface area (Å²) in [4.78, 5) is 2.41. The molecule has 1 aliphatic carbocycles. The van der Waals surface area contributed by atoms with Crippen LogP contribution >= 0.6 is 0 Å². The summed E-state index contributed by atoms with van der Waals surface area (Å²) in [6, 6.07) is 9.81. The van der Waals surface area contributed by atoms with Gasteiger partial charge in [0.1, 0.15) is 0 Å². The van der Waals surface area contributed by atoms with E-state index < -0.39 is 0 Å². The van der Waals surface area contributed by atoms with Gasteiger partial charge < -0.3 is 4.90 Å². The highest BCUT2D eigenvalue weighted by molar-refractivity contribution is 5.22. The van der Waals surface area contributed by atoms with E-state index >= 15 is 0 Å². The molecule has 0 heterocycles. The normalized spacial score (nSPS) is 21.0. The van der Waals surface area contributed by atoms with Crippen molar-refractivity contribution in [3.8, 4) is 0 Å². The predicted molar refractivity (Wildman–Crippen MR) is 97.0 cm³/mol. The van der Waals surface area contributed by atoms with E-state index in [1.165, 1.54) is 43.2 Å². The smallest absolute Gasteiger partial charge is 0.00919 e. The molecular weight excluding hydrogens is 254 g/mol. The summed E-state index contributed by atoms with van der Waals surface area (Å²) in [6.07, 6.45) is 6.85. The maximum Gasteiger partial charge on any atom is 0.00919 e. The van der Waals surface area contributed by atoms with Gasteiger partial charge in [-0.1, -0.05) is 70.4 Å². The molecule has 1 aromatic carbocycles. The SMILES string of the molecule is CC.CC.Cc1cccc(CC2CCCC(N(C)C)C2)c1. The van der Waals surface area contributed by atoms with Gasteiger partial charge in [-0.25, -0.2) is 0 Å². The Morgan fingerprint density at radius 2 is 1.71 bits per heavy atom. The Kier molecular flexibility index (Phi) is 11.3. The van der Waals surface area contributed by atoms with Gasteiger partial charge in [-0.05, 0) is 51.8 Å². The van der Waals surface area contributed by atoms with Crippen molar-refractivity contribution in [1.82, 2.24) is 4.90 Å². The van der Waals surface area contributed by atoms with Crippen LogP contribution in [0.25, 0.3) is 0 Å². The zero-order chi connectivity index (χ0) is 16.3. The van der Waals surface area contributed by atoms with E-state index in [4.69, 9.17) is 0 Å². The van der Waals surface area contributed by atoms with Gasteiger partial charge in [0, 0.05) is 6.04 Å². The quantitative estimate of drug-likeness (QED) is 0.689. The van der Waals surface area contributed by atoms with E-state index in [1.54, 1.807) is 0 Å². The molecule has 0 saturated heterocycles. The fraction of sp³-hybridized carbons (Fsp3) is 0.700. The van der Waals surface area contributed by atoms with Gasteiger partial charge >= 0.3 is 0 Å². The molecule has 0 aromatic heterocycles. The second kappa shape index (κ2) is 11.8. The van der Waals surface area contributed by atoms with E-state index in [0.717, 1.165) is 12.0 Å².